The number of furan rings is 1. The Labute approximate surface area is 186 Å². The minimum absolute atomic E-state index is 0.392. The first-order valence-corrected chi connectivity index (χ1v) is 13.0. The van der Waals surface area contributed by atoms with Gasteiger partial charge >= 0.3 is 10.1 Å². The third-order valence-corrected chi connectivity index (χ3v) is 6.85. The molecule has 166 valence electrons. The lowest BCUT2D eigenvalue weighted by Crippen LogP contribution is -2.27. The van der Waals surface area contributed by atoms with Gasteiger partial charge in [-0.25, -0.2) is 0 Å². The van der Waals surface area contributed by atoms with Crippen molar-refractivity contribution < 1.29 is 17.0 Å². The molecule has 31 heavy (non-hydrogen) atoms. The average Bonchev–Trinajstić information content (AvgIpc) is 3.31. The number of hydrogen-bond donors (Lipinski definition) is 0. The molecule has 1 aliphatic heterocycles. The number of nitrogens with zero attached hydrogens (tertiary/aromatic N) is 4. The van der Waals surface area contributed by atoms with E-state index >= 15 is 0 Å². The van der Waals surface area contributed by atoms with Crippen LogP contribution in [0.2, 0.25) is 0 Å². The predicted molar refractivity (Wildman–Crippen MR) is 120 cm³/mol. The molecule has 4 rings (SSSR count). The Hall–Kier alpha value is -2.30. The van der Waals surface area contributed by atoms with Gasteiger partial charge in [0.15, 0.2) is 16.7 Å². The second-order valence-corrected chi connectivity index (χ2v) is 10.2. The lowest BCUT2D eigenvalue weighted by Gasteiger charge is -2.19. The zero-order valence-electron chi connectivity index (χ0n) is 17.7. The van der Waals surface area contributed by atoms with Crippen LogP contribution in [0.15, 0.2) is 46.2 Å². The van der Waals surface area contributed by atoms with Gasteiger partial charge in [-0.3, -0.25) is 0 Å². The molecule has 10 heteroatoms. The summed E-state index contributed by atoms with van der Waals surface area (Å²) in [6.07, 6.45) is 5.59. The highest BCUT2D eigenvalue weighted by Crippen LogP contribution is 2.25. The molecular weight excluding hydrogens is 436 g/mol. The first kappa shape index (κ1) is 21.9. The lowest BCUT2D eigenvalue weighted by atomic mass is 10.0. The van der Waals surface area contributed by atoms with E-state index in [2.05, 4.69) is 15.1 Å². The molecule has 8 nitrogen and oxygen atoms in total. The molecule has 3 aromatic rings. The standard InChI is InChI=1S/C21H26N4O4S2/c1-24-20(19-5-3-13-28-19)22-23-21(24)30-14-4-10-25-11-8-16-6-7-18(29-31(2,26)27)15-17(16)9-12-25/h3,5-7,13,15H,4,8-12,14H2,1-2H3. The molecule has 0 saturated carbocycles. The zero-order valence-corrected chi connectivity index (χ0v) is 19.3. The van der Waals surface area contributed by atoms with Crippen LogP contribution < -0.4 is 4.18 Å². The van der Waals surface area contributed by atoms with E-state index in [9.17, 15) is 8.42 Å². The molecule has 3 heterocycles. The van der Waals surface area contributed by atoms with Gasteiger partial charge in [-0.2, -0.15) is 8.42 Å². The third kappa shape index (κ3) is 5.69. The summed E-state index contributed by atoms with van der Waals surface area (Å²) < 4.78 is 35.1. The van der Waals surface area contributed by atoms with Gasteiger partial charge < -0.3 is 18.1 Å². The van der Waals surface area contributed by atoms with Crippen molar-refractivity contribution in [1.29, 1.82) is 0 Å². The highest BCUT2D eigenvalue weighted by Gasteiger charge is 2.16. The van der Waals surface area contributed by atoms with Crippen molar-refractivity contribution in [2.75, 3.05) is 31.6 Å². The van der Waals surface area contributed by atoms with Crippen LogP contribution in [0.1, 0.15) is 17.5 Å². The van der Waals surface area contributed by atoms with E-state index in [1.54, 1.807) is 24.1 Å². The molecule has 1 aliphatic rings. The fraction of sp³-hybridized carbons (Fsp3) is 0.429. The summed E-state index contributed by atoms with van der Waals surface area (Å²) in [5, 5.41) is 9.39. The fourth-order valence-electron chi connectivity index (χ4n) is 3.71. The number of hydrogen-bond acceptors (Lipinski definition) is 8. The maximum absolute atomic E-state index is 11.4. The molecule has 0 unspecified atom stereocenters. The minimum Gasteiger partial charge on any atom is -0.461 e. The molecule has 0 amide bonds. The van der Waals surface area contributed by atoms with Crippen LogP contribution in [0.5, 0.6) is 5.75 Å². The van der Waals surface area contributed by atoms with Gasteiger partial charge in [0.05, 0.1) is 12.5 Å². The Morgan fingerprint density at radius 1 is 1.16 bits per heavy atom. The molecule has 0 radical (unpaired) electrons. The lowest BCUT2D eigenvalue weighted by molar-refractivity contribution is 0.289. The SMILES string of the molecule is Cn1c(SCCCN2CCc3ccc(OS(C)(=O)=O)cc3CC2)nnc1-c1ccco1. The van der Waals surface area contributed by atoms with Crippen LogP contribution in [0.3, 0.4) is 0 Å². The summed E-state index contributed by atoms with van der Waals surface area (Å²) in [4.78, 5) is 2.46. The van der Waals surface area contributed by atoms with E-state index in [-0.39, 0.29) is 0 Å². The second-order valence-electron chi connectivity index (χ2n) is 7.60. The summed E-state index contributed by atoms with van der Waals surface area (Å²) in [6.45, 7) is 2.96. The van der Waals surface area contributed by atoms with Gasteiger partial charge in [0.1, 0.15) is 5.75 Å². The first-order valence-electron chi connectivity index (χ1n) is 10.2. The average molecular weight is 463 g/mol. The number of rotatable bonds is 8. The highest BCUT2D eigenvalue weighted by atomic mass is 32.2. The molecule has 0 atom stereocenters. The Bertz CT molecular complexity index is 1130. The molecule has 0 N–H and O–H groups in total. The van der Waals surface area contributed by atoms with E-state index in [4.69, 9.17) is 8.60 Å². The van der Waals surface area contributed by atoms with Crippen molar-refractivity contribution in [2.45, 2.75) is 24.4 Å². The summed E-state index contributed by atoms with van der Waals surface area (Å²) in [6, 6.07) is 9.31. The van der Waals surface area contributed by atoms with Crippen LogP contribution in [0.4, 0.5) is 0 Å². The van der Waals surface area contributed by atoms with E-state index in [0.717, 1.165) is 67.6 Å². The predicted octanol–water partition coefficient (Wildman–Crippen LogP) is 3.00. The normalized spacial score (nSPS) is 14.9. The largest absolute Gasteiger partial charge is 0.461 e. The molecule has 0 bridgehead atoms. The molecule has 1 aromatic carbocycles. The molecular formula is C21H26N4O4S2. The summed E-state index contributed by atoms with van der Waals surface area (Å²) in [5.74, 6) is 2.80. The van der Waals surface area contributed by atoms with Gasteiger partial charge in [-0.15, -0.1) is 10.2 Å². The molecule has 0 spiro atoms. The van der Waals surface area contributed by atoms with Crippen molar-refractivity contribution in [2.24, 2.45) is 7.05 Å². The van der Waals surface area contributed by atoms with E-state index in [1.165, 1.54) is 11.1 Å². The zero-order chi connectivity index (χ0) is 21.8. The maximum atomic E-state index is 11.4. The number of benzene rings is 1. The Morgan fingerprint density at radius 3 is 2.71 bits per heavy atom. The van der Waals surface area contributed by atoms with Crippen molar-refractivity contribution in [3.63, 3.8) is 0 Å². The third-order valence-electron chi connectivity index (χ3n) is 5.25. The monoisotopic (exact) mass is 462 g/mol. The van der Waals surface area contributed by atoms with E-state index in [1.807, 2.05) is 35.9 Å². The first-order chi connectivity index (χ1) is 14.9. The van der Waals surface area contributed by atoms with E-state index in [0.29, 0.717) is 5.75 Å². The van der Waals surface area contributed by atoms with Gasteiger partial charge in [0, 0.05) is 25.9 Å². The second kappa shape index (κ2) is 9.46. The van der Waals surface area contributed by atoms with Crippen LogP contribution in [-0.4, -0.2) is 59.7 Å². The van der Waals surface area contributed by atoms with Crippen LogP contribution >= 0.6 is 11.8 Å². The van der Waals surface area contributed by atoms with Crippen molar-refractivity contribution in [3.8, 4) is 17.3 Å². The summed E-state index contributed by atoms with van der Waals surface area (Å²) in [5.41, 5.74) is 2.44. The highest BCUT2D eigenvalue weighted by molar-refractivity contribution is 7.99. The van der Waals surface area contributed by atoms with Gasteiger partial charge in [0.25, 0.3) is 0 Å². The Morgan fingerprint density at radius 2 is 1.97 bits per heavy atom. The molecule has 0 fully saturated rings. The van der Waals surface area contributed by atoms with Crippen molar-refractivity contribution in [3.05, 3.63) is 47.7 Å². The number of thioether (sulfide) groups is 1. The smallest absolute Gasteiger partial charge is 0.306 e. The topological polar surface area (TPSA) is 90.5 Å². The van der Waals surface area contributed by atoms with Crippen molar-refractivity contribution >= 4 is 21.9 Å². The van der Waals surface area contributed by atoms with Crippen LogP contribution in [0.25, 0.3) is 11.6 Å². The Balaban J connectivity index is 1.26. The molecule has 0 aliphatic carbocycles. The number of fused-ring (bicyclic) bond motifs is 1. The maximum Gasteiger partial charge on any atom is 0.306 e. The fourth-order valence-corrected chi connectivity index (χ4v) is 5.00. The van der Waals surface area contributed by atoms with Gasteiger partial charge in [-0.05, 0) is 61.2 Å². The van der Waals surface area contributed by atoms with Crippen LogP contribution in [-0.2, 0) is 30.0 Å². The minimum atomic E-state index is -3.51. The number of aromatic nitrogens is 3. The summed E-state index contributed by atoms with van der Waals surface area (Å²) >= 11 is 1.70. The molecule has 2 aromatic heterocycles. The molecule has 0 saturated heterocycles. The quantitative estimate of drug-likeness (QED) is 0.287. The van der Waals surface area contributed by atoms with Gasteiger partial charge in [-0.1, -0.05) is 17.8 Å². The van der Waals surface area contributed by atoms with Crippen molar-refractivity contribution in [1.82, 2.24) is 19.7 Å². The summed E-state index contributed by atoms with van der Waals surface area (Å²) in [7, 11) is -1.55. The Kier molecular flexibility index (Phi) is 6.68. The van der Waals surface area contributed by atoms with E-state index < -0.39 is 10.1 Å². The van der Waals surface area contributed by atoms with Crippen LogP contribution in [0, 0.1) is 0 Å². The van der Waals surface area contributed by atoms with Gasteiger partial charge in [0.2, 0.25) is 0 Å².